The Hall–Kier alpha value is -2.49. The van der Waals surface area contributed by atoms with Crippen LogP contribution in [0.1, 0.15) is 43.6 Å². The van der Waals surface area contributed by atoms with E-state index in [9.17, 15) is 8.42 Å². The van der Waals surface area contributed by atoms with Gasteiger partial charge in [0.25, 0.3) is 0 Å². The Morgan fingerprint density at radius 3 is 2.76 bits per heavy atom. The number of nitrogens with zero attached hydrogens (tertiary/aromatic N) is 3. The molecule has 182 valence electrons. The molecule has 2 N–H and O–H groups in total. The summed E-state index contributed by atoms with van der Waals surface area (Å²) in [5.41, 5.74) is 2.45. The Kier molecular flexibility index (Phi) is 6.85. The first-order valence-corrected chi connectivity index (χ1v) is 14.0. The molecule has 0 bridgehead atoms. The van der Waals surface area contributed by atoms with E-state index in [0.717, 1.165) is 61.9 Å². The van der Waals surface area contributed by atoms with Gasteiger partial charge in [0, 0.05) is 36.6 Å². The third-order valence-electron chi connectivity index (χ3n) is 7.23. The van der Waals surface area contributed by atoms with E-state index in [1.807, 2.05) is 24.4 Å². The lowest BCUT2D eigenvalue weighted by molar-refractivity contribution is -0.00213. The van der Waals surface area contributed by atoms with E-state index in [4.69, 9.17) is 4.74 Å². The van der Waals surface area contributed by atoms with Gasteiger partial charge in [-0.1, -0.05) is 12.1 Å². The number of ether oxygens (including phenoxy) is 1. The predicted octanol–water partition coefficient (Wildman–Crippen LogP) is 3.45. The second kappa shape index (κ2) is 10.0. The molecule has 1 aromatic carbocycles. The highest BCUT2D eigenvalue weighted by atomic mass is 32.2. The molecule has 2 aliphatic rings. The monoisotopic (exact) mass is 483 g/mol. The van der Waals surface area contributed by atoms with E-state index in [0.29, 0.717) is 12.5 Å². The molecule has 1 aliphatic carbocycles. The van der Waals surface area contributed by atoms with Crippen molar-refractivity contribution in [3.05, 3.63) is 54.4 Å². The minimum atomic E-state index is -3.28. The molecule has 1 saturated heterocycles. The minimum absolute atomic E-state index is 0.0757. The lowest BCUT2D eigenvalue weighted by Gasteiger charge is -2.40. The number of pyridine rings is 1. The summed E-state index contributed by atoms with van der Waals surface area (Å²) in [6, 6.07) is 12.4. The maximum atomic E-state index is 12.0. The molecule has 3 aromatic rings. The number of hydrogen-bond acceptors (Lipinski definition) is 6. The average molecular weight is 484 g/mol. The van der Waals surface area contributed by atoms with Crippen LogP contribution < -0.4 is 9.62 Å². The highest BCUT2D eigenvalue weighted by Crippen LogP contribution is 2.35. The molecule has 1 saturated carbocycles. The van der Waals surface area contributed by atoms with Crippen molar-refractivity contribution in [1.82, 2.24) is 19.9 Å². The van der Waals surface area contributed by atoms with Crippen LogP contribution in [0.4, 0.5) is 5.82 Å². The van der Waals surface area contributed by atoms with Gasteiger partial charge in [0.1, 0.15) is 5.82 Å². The van der Waals surface area contributed by atoms with Gasteiger partial charge in [-0.15, -0.1) is 0 Å². The van der Waals surface area contributed by atoms with Crippen molar-refractivity contribution in [3.63, 3.8) is 0 Å². The minimum Gasteiger partial charge on any atom is -0.378 e. The Morgan fingerprint density at radius 1 is 1.15 bits per heavy atom. The first kappa shape index (κ1) is 23.3. The van der Waals surface area contributed by atoms with Gasteiger partial charge in [-0.3, -0.25) is 5.10 Å². The van der Waals surface area contributed by atoms with Crippen LogP contribution in [0.25, 0.3) is 10.9 Å². The van der Waals surface area contributed by atoms with Gasteiger partial charge in [0.2, 0.25) is 10.0 Å². The van der Waals surface area contributed by atoms with E-state index in [-0.39, 0.29) is 18.1 Å². The molecule has 2 fully saturated rings. The van der Waals surface area contributed by atoms with Crippen molar-refractivity contribution in [1.29, 1.82) is 0 Å². The zero-order valence-corrected chi connectivity index (χ0v) is 20.4. The highest BCUT2D eigenvalue weighted by Gasteiger charge is 2.33. The Morgan fingerprint density at radius 2 is 2.00 bits per heavy atom. The fraction of sp³-hybridized carbons (Fsp3) is 0.520. The number of H-pyrrole nitrogens is 1. The van der Waals surface area contributed by atoms with Gasteiger partial charge in [0.05, 0.1) is 30.7 Å². The van der Waals surface area contributed by atoms with E-state index >= 15 is 0 Å². The standard InChI is InChI=1S/C25H33N5O3S/c1-34(31,32)29-24-11-13-30(25-4-2-3-12-26-25)16-21(24)17-33-22-8-5-18(6-9-22)19-7-10-23-20(14-19)15-27-28-23/h2-4,7,10,12,14-15,18,21-22,24,29H,5-6,8-9,11,13,16-17H2,1H3,(H,27,28)/t18-,21-,22+,24-/m0/s1. The molecule has 2 atom stereocenters. The molecule has 0 amide bonds. The number of hydrogen-bond donors (Lipinski definition) is 2. The predicted molar refractivity (Wildman–Crippen MR) is 133 cm³/mol. The molecule has 1 aliphatic heterocycles. The second-order valence-corrected chi connectivity index (χ2v) is 11.5. The van der Waals surface area contributed by atoms with Crippen molar-refractivity contribution in [2.75, 3.05) is 30.9 Å². The van der Waals surface area contributed by atoms with Gasteiger partial charge in [-0.25, -0.2) is 18.1 Å². The summed E-state index contributed by atoms with van der Waals surface area (Å²) in [4.78, 5) is 6.71. The smallest absolute Gasteiger partial charge is 0.208 e. The number of nitrogens with one attached hydrogen (secondary N) is 2. The van der Waals surface area contributed by atoms with E-state index in [2.05, 4.69) is 43.0 Å². The fourth-order valence-corrected chi connectivity index (χ4v) is 6.28. The number of aromatic nitrogens is 3. The fourth-order valence-electron chi connectivity index (χ4n) is 5.42. The SMILES string of the molecule is CS(=O)(=O)N[C@H]1CCN(c2ccccn2)C[C@H]1CO[C@H]1CC[C@@H](c2ccc3[nH]ncc3c2)CC1. The van der Waals surface area contributed by atoms with Crippen LogP contribution in [0.3, 0.4) is 0 Å². The quantitative estimate of drug-likeness (QED) is 0.534. The van der Waals surface area contributed by atoms with Crippen LogP contribution in [0.15, 0.2) is 48.8 Å². The molecule has 2 aromatic heterocycles. The van der Waals surface area contributed by atoms with Crippen molar-refractivity contribution in [2.45, 2.75) is 50.2 Å². The van der Waals surface area contributed by atoms with Crippen LogP contribution >= 0.6 is 0 Å². The number of fused-ring (bicyclic) bond motifs is 1. The summed E-state index contributed by atoms with van der Waals surface area (Å²) in [5, 5.41) is 8.30. The summed E-state index contributed by atoms with van der Waals surface area (Å²) in [5.74, 6) is 1.56. The van der Waals surface area contributed by atoms with Crippen molar-refractivity contribution in [3.8, 4) is 0 Å². The second-order valence-electron chi connectivity index (χ2n) is 9.70. The summed E-state index contributed by atoms with van der Waals surface area (Å²) < 4.78 is 33.2. The van der Waals surface area contributed by atoms with Crippen LogP contribution in [0, 0.1) is 5.92 Å². The summed E-state index contributed by atoms with van der Waals surface area (Å²) in [7, 11) is -3.28. The van der Waals surface area contributed by atoms with E-state index in [1.165, 1.54) is 11.8 Å². The van der Waals surface area contributed by atoms with Crippen LogP contribution in [0.5, 0.6) is 0 Å². The Bertz CT molecular complexity index is 1190. The van der Waals surface area contributed by atoms with Gasteiger partial charge in [-0.2, -0.15) is 5.10 Å². The van der Waals surface area contributed by atoms with Crippen LogP contribution in [-0.2, 0) is 14.8 Å². The van der Waals surface area contributed by atoms with Gasteiger partial charge < -0.3 is 9.64 Å². The largest absolute Gasteiger partial charge is 0.378 e. The van der Waals surface area contributed by atoms with Crippen LogP contribution in [0.2, 0.25) is 0 Å². The molecule has 9 heteroatoms. The maximum Gasteiger partial charge on any atom is 0.208 e. The van der Waals surface area contributed by atoms with Crippen molar-refractivity contribution < 1.29 is 13.2 Å². The van der Waals surface area contributed by atoms with Gasteiger partial charge >= 0.3 is 0 Å². The molecule has 3 heterocycles. The molecule has 5 rings (SSSR count). The molecule has 0 spiro atoms. The maximum absolute atomic E-state index is 12.0. The molecule has 0 radical (unpaired) electrons. The van der Waals surface area contributed by atoms with Gasteiger partial charge in [-0.05, 0) is 67.9 Å². The lowest BCUT2D eigenvalue weighted by Crippen LogP contribution is -2.52. The molecule has 34 heavy (non-hydrogen) atoms. The molecular weight excluding hydrogens is 450 g/mol. The first-order chi connectivity index (χ1) is 16.4. The summed E-state index contributed by atoms with van der Waals surface area (Å²) in [6.07, 6.45) is 10.1. The number of piperidine rings is 1. The molecule has 0 unspecified atom stereocenters. The zero-order chi connectivity index (χ0) is 23.5. The van der Waals surface area contributed by atoms with Crippen LogP contribution in [-0.4, -0.2) is 61.7 Å². The molecular formula is C25H33N5O3S. The third-order valence-corrected chi connectivity index (χ3v) is 7.96. The zero-order valence-electron chi connectivity index (χ0n) is 19.6. The van der Waals surface area contributed by atoms with Crippen molar-refractivity contribution in [2.24, 2.45) is 5.92 Å². The molecule has 8 nitrogen and oxygen atoms in total. The number of anilines is 1. The third kappa shape index (κ3) is 5.59. The number of rotatable bonds is 7. The van der Waals surface area contributed by atoms with Crippen molar-refractivity contribution >= 4 is 26.7 Å². The Balaban J connectivity index is 1.18. The first-order valence-electron chi connectivity index (χ1n) is 12.1. The lowest BCUT2D eigenvalue weighted by atomic mass is 9.82. The highest BCUT2D eigenvalue weighted by molar-refractivity contribution is 7.88. The summed E-state index contributed by atoms with van der Waals surface area (Å²) >= 11 is 0. The number of aromatic amines is 1. The van der Waals surface area contributed by atoms with E-state index < -0.39 is 10.0 Å². The number of sulfonamides is 1. The average Bonchev–Trinajstić information content (AvgIpc) is 3.31. The topological polar surface area (TPSA) is 100 Å². The van der Waals surface area contributed by atoms with E-state index in [1.54, 1.807) is 6.20 Å². The normalized spacial score (nSPS) is 26.1. The summed E-state index contributed by atoms with van der Waals surface area (Å²) in [6.45, 7) is 2.05. The number of benzene rings is 1. The van der Waals surface area contributed by atoms with Gasteiger partial charge in [0.15, 0.2) is 0 Å². The Labute approximate surface area is 201 Å².